The number of carbonyl (C=O) groups excluding carboxylic acids is 1. The fraction of sp³-hybridized carbons (Fsp3) is 0.400. The van der Waals surface area contributed by atoms with Crippen LogP contribution in [0.3, 0.4) is 0 Å². The highest BCUT2D eigenvalue weighted by Crippen LogP contribution is 2.31. The molecule has 1 rings (SSSR count). The molecule has 0 aliphatic carbocycles. The minimum Gasteiger partial charge on any atom is -0.301 e. The summed E-state index contributed by atoms with van der Waals surface area (Å²) in [5.74, 6) is 0. The van der Waals surface area contributed by atoms with Gasteiger partial charge in [-0.15, -0.1) is 0 Å². The van der Waals surface area contributed by atoms with Crippen molar-refractivity contribution in [3.63, 3.8) is 0 Å². The normalized spacial score (nSPS) is 28.2. The van der Waals surface area contributed by atoms with Gasteiger partial charge in [0, 0.05) is 0 Å². The van der Waals surface area contributed by atoms with Crippen molar-refractivity contribution >= 4 is 29.8 Å². The van der Waals surface area contributed by atoms with Gasteiger partial charge in [-0.2, -0.15) is 0 Å². The summed E-state index contributed by atoms with van der Waals surface area (Å²) in [5, 5.41) is 0. The number of nitrogens with zero attached hydrogens (tertiary/aromatic N) is 1. The Balaban J connectivity index is 2.63. The number of hydrogen-bond donors (Lipinski definition) is 0. The van der Waals surface area contributed by atoms with E-state index in [0.29, 0.717) is 4.36 Å². The van der Waals surface area contributed by atoms with Crippen LogP contribution in [0.4, 0.5) is 0 Å². The highest BCUT2D eigenvalue weighted by molar-refractivity contribution is 8.02. The van der Waals surface area contributed by atoms with Crippen LogP contribution in [-0.4, -0.2) is 23.7 Å². The molecule has 1 aliphatic rings. The molecule has 1 atom stereocenters. The summed E-state index contributed by atoms with van der Waals surface area (Å²) in [6.45, 7) is 0. The van der Waals surface area contributed by atoms with Crippen molar-refractivity contribution in [2.45, 2.75) is 6.04 Å². The molecular weight excluding hydrogens is 158 g/mol. The van der Waals surface area contributed by atoms with Gasteiger partial charge in [-0.05, 0) is 25.1 Å². The Morgan fingerprint density at radius 3 is 2.89 bits per heavy atom. The van der Waals surface area contributed by atoms with Gasteiger partial charge >= 0.3 is 0 Å². The maximum atomic E-state index is 10.2. The fourth-order valence-electron chi connectivity index (χ4n) is 0.593. The number of aldehydes is 1. The van der Waals surface area contributed by atoms with E-state index < -0.39 is 0 Å². The highest BCUT2D eigenvalue weighted by Gasteiger charge is 2.19. The zero-order valence-electron chi connectivity index (χ0n) is 4.87. The molecule has 9 heavy (non-hydrogen) atoms. The largest absolute Gasteiger partial charge is 0.301 e. The standard InChI is InChI=1S/C5H6ClNOS/c1-7-4(3-8)2-5(6)9-7/h2-4H,1H3. The van der Waals surface area contributed by atoms with Crippen LogP contribution < -0.4 is 0 Å². The Bertz CT molecular complexity index is 159. The van der Waals surface area contributed by atoms with Gasteiger partial charge in [0.25, 0.3) is 0 Å². The number of likely N-dealkylation sites (N-methyl/N-ethyl adjacent to an activating group) is 1. The van der Waals surface area contributed by atoms with Gasteiger partial charge in [0.2, 0.25) is 0 Å². The maximum absolute atomic E-state index is 10.2. The molecule has 0 radical (unpaired) electrons. The molecule has 1 aliphatic heterocycles. The predicted molar refractivity (Wildman–Crippen MR) is 39.1 cm³/mol. The number of halogens is 1. The zero-order valence-corrected chi connectivity index (χ0v) is 6.45. The van der Waals surface area contributed by atoms with Gasteiger partial charge < -0.3 is 4.79 Å². The topological polar surface area (TPSA) is 20.3 Å². The monoisotopic (exact) mass is 163 g/mol. The number of hydrogen-bond acceptors (Lipinski definition) is 3. The molecule has 50 valence electrons. The lowest BCUT2D eigenvalue weighted by atomic mass is 10.3. The van der Waals surface area contributed by atoms with Crippen LogP contribution in [0.2, 0.25) is 0 Å². The Hall–Kier alpha value is 0.01000. The quantitative estimate of drug-likeness (QED) is 0.429. The summed E-state index contributed by atoms with van der Waals surface area (Å²) < 4.78 is 2.48. The molecule has 1 unspecified atom stereocenters. The molecule has 0 aromatic heterocycles. The summed E-state index contributed by atoms with van der Waals surface area (Å²) in [5.41, 5.74) is 0. The van der Waals surface area contributed by atoms with E-state index in [1.165, 1.54) is 11.9 Å². The van der Waals surface area contributed by atoms with Crippen molar-refractivity contribution in [1.82, 2.24) is 4.31 Å². The molecular formula is C5H6ClNOS. The van der Waals surface area contributed by atoms with Crippen LogP contribution >= 0.6 is 23.5 Å². The highest BCUT2D eigenvalue weighted by atomic mass is 35.5. The second-order valence-electron chi connectivity index (χ2n) is 1.73. The maximum Gasteiger partial charge on any atom is 0.141 e. The van der Waals surface area contributed by atoms with Crippen molar-refractivity contribution in [3.8, 4) is 0 Å². The molecule has 1 heterocycles. The minimum atomic E-state index is -0.137. The van der Waals surface area contributed by atoms with Crippen molar-refractivity contribution in [1.29, 1.82) is 0 Å². The first-order chi connectivity index (χ1) is 4.24. The number of carbonyl (C=O) groups is 1. The van der Waals surface area contributed by atoms with Crippen LogP contribution in [0.15, 0.2) is 10.4 Å². The molecule has 0 spiro atoms. The molecule has 0 N–H and O–H groups in total. The third-order valence-electron chi connectivity index (χ3n) is 1.09. The molecule has 0 fully saturated rings. The van der Waals surface area contributed by atoms with Gasteiger partial charge in [0.1, 0.15) is 6.29 Å². The van der Waals surface area contributed by atoms with E-state index in [9.17, 15) is 4.79 Å². The van der Waals surface area contributed by atoms with Gasteiger partial charge in [-0.1, -0.05) is 11.6 Å². The zero-order chi connectivity index (χ0) is 6.85. The summed E-state index contributed by atoms with van der Waals surface area (Å²) in [6.07, 6.45) is 2.58. The van der Waals surface area contributed by atoms with Crippen molar-refractivity contribution < 1.29 is 4.79 Å². The first kappa shape index (κ1) is 7.12. The summed E-state index contributed by atoms with van der Waals surface area (Å²) in [7, 11) is 1.83. The molecule has 0 saturated heterocycles. The smallest absolute Gasteiger partial charge is 0.141 e. The lowest BCUT2D eigenvalue weighted by Crippen LogP contribution is -2.20. The lowest BCUT2D eigenvalue weighted by Gasteiger charge is -2.09. The van der Waals surface area contributed by atoms with Gasteiger partial charge in [0.05, 0.1) is 10.4 Å². The third kappa shape index (κ3) is 1.47. The van der Waals surface area contributed by atoms with Crippen molar-refractivity contribution in [3.05, 3.63) is 10.4 Å². The molecule has 0 amide bonds. The molecule has 0 saturated carbocycles. The first-order valence-electron chi connectivity index (χ1n) is 2.47. The van der Waals surface area contributed by atoms with Gasteiger partial charge in [-0.3, -0.25) is 0 Å². The SMILES string of the molecule is CN1SC(Cl)=CC1C=O. The Labute approximate surface area is 63.0 Å². The number of rotatable bonds is 1. The van der Waals surface area contributed by atoms with Crippen molar-refractivity contribution in [2.75, 3.05) is 7.05 Å². The van der Waals surface area contributed by atoms with Gasteiger partial charge in [0.15, 0.2) is 0 Å². The van der Waals surface area contributed by atoms with Gasteiger partial charge in [-0.25, -0.2) is 4.31 Å². The van der Waals surface area contributed by atoms with Crippen LogP contribution in [0, 0.1) is 0 Å². The van der Waals surface area contributed by atoms with Crippen LogP contribution in [-0.2, 0) is 4.79 Å². The Morgan fingerprint density at radius 1 is 2.00 bits per heavy atom. The molecule has 0 aromatic rings. The van der Waals surface area contributed by atoms with Crippen LogP contribution in [0.25, 0.3) is 0 Å². The molecule has 0 aromatic carbocycles. The molecule has 0 bridgehead atoms. The third-order valence-corrected chi connectivity index (χ3v) is 2.27. The van der Waals surface area contributed by atoms with Crippen LogP contribution in [0.1, 0.15) is 0 Å². The molecule has 2 nitrogen and oxygen atoms in total. The fourth-order valence-corrected chi connectivity index (χ4v) is 1.76. The van der Waals surface area contributed by atoms with E-state index in [2.05, 4.69) is 0 Å². The minimum absolute atomic E-state index is 0.137. The van der Waals surface area contributed by atoms with E-state index in [1.54, 1.807) is 10.4 Å². The lowest BCUT2D eigenvalue weighted by molar-refractivity contribution is -0.109. The summed E-state index contributed by atoms with van der Waals surface area (Å²) in [6, 6.07) is -0.137. The average molecular weight is 164 g/mol. The van der Waals surface area contributed by atoms with E-state index in [0.717, 1.165) is 6.29 Å². The first-order valence-corrected chi connectivity index (χ1v) is 3.62. The second kappa shape index (κ2) is 2.73. The Morgan fingerprint density at radius 2 is 2.67 bits per heavy atom. The Kier molecular flexibility index (Phi) is 2.16. The van der Waals surface area contributed by atoms with E-state index in [4.69, 9.17) is 11.6 Å². The summed E-state index contributed by atoms with van der Waals surface area (Å²) >= 11 is 6.99. The molecule has 4 heteroatoms. The second-order valence-corrected chi connectivity index (χ2v) is 3.56. The van der Waals surface area contributed by atoms with Crippen molar-refractivity contribution in [2.24, 2.45) is 0 Å². The van der Waals surface area contributed by atoms with E-state index in [1.807, 2.05) is 7.05 Å². The average Bonchev–Trinajstić information content (AvgIpc) is 2.10. The van der Waals surface area contributed by atoms with E-state index >= 15 is 0 Å². The predicted octanol–water partition coefficient (Wildman–Crippen LogP) is 1.23. The summed E-state index contributed by atoms with van der Waals surface area (Å²) in [4.78, 5) is 10.2. The van der Waals surface area contributed by atoms with E-state index in [-0.39, 0.29) is 6.04 Å². The van der Waals surface area contributed by atoms with Crippen LogP contribution in [0.5, 0.6) is 0 Å².